The normalized spacial score (nSPS) is 18.6. The van der Waals surface area contributed by atoms with Crippen LogP contribution in [0.4, 0.5) is 0 Å². The summed E-state index contributed by atoms with van der Waals surface area (Å²) in [4.78, 5) is 49.7. The third-order valence-electron chi connectivity index (χ3n) is 5.02. The zero-order valence-corrected chi connectivity index (χ0v) is 17.4. The highest BCUT2D eigenvalue weighted by Crippen LogP contribution is 2.38. The number of rotatable bonds is 10. The number of carbonyl (C=O) groups excluding carboxylic acids is 4. The van der Waals surface area contributed by atoms with Crippen LogP contribution in [0.15, 0.2) is 24.3 Å². The van der Waals surface area contributed by atoms with E-state index in [9.17, 15) is 19.2 Å². The SMILES string of the molecule is CCCCN1C(=O)CC[C@@H](C(=O)OCC(=O)NCC(N)=O)[C@H]1c1ccc(OC)cc1. The maximum atomic E-state index is 12.8. The van der Waals surface area contributed by atoms with Crippen molar-refractivity contribution in [2.75, 3.05) is 26.8 Å². The van der Waals surface area contributed by atoms with Crippen LogP contribution in [0, 0.1) is 5.92 Å². The van der Waals surface area contributed by atoms with E-state index in [0.717, 1.165) is 18.4 Å². The summed E-state index contributed by atoms with van der Waals surface area (Å²) in [5.41, 5.74) is 5.78. The van der Waals surface area contributed by atoms with Crippen LogP contribution in [0.3, 0.4) is 0 Å². The van der Waals surface area contributed by atoms with Gasteiger partial charge in [-0.25, -0.2) is 0 Å². The number of methoxy groups -OCH3 is 1. The Bertz CT molecular complexity index is 765. The van der Waals surface area contributed by atoms with E-state index in [1.807, 2.05) is 19.1 Å². The van der Waals surface area contributed by atoms with E-state index in [1.54, 1.807) is 24.1 Å². The van der Waals surface area contributed by atoms with Gasteiger partial charge < -0.3 is 25.4 Å². The number of ether oxygens (including phenoxy) is 2. The fourth-order valence-corrected chi connectivity index (χ4v) is 3.49. The number of nitrogens with two attached hydrogens (primary N) is 1. The summed E-state index contributed by atoms with van der Waals surface area (Å²) in [6.45, 7) is 1.73. The van der Waals surface area contributed by atoms with Crippen LogP contribution in [-0.4, -0.2) is 55.4 Å². The summed E-state index contributed by atoms with van der Waals surface area (Å²) in [5, 5.41) is 2.27. The van der Waals surface area contributed by atoms with Crippen molar-refractivity contribution < 1.29 is 28.7 Å². The number of benzene rings is 1. The highest BCUT2D eigenvalue weighted by atomic mass is 16.5. The zero-order chi connectivity index (χ0) is 22.1. The number of nitrogens with zero attached hydrogens (tertiary/aromatic N) is 1. The maximum absolute atomic E-state index is 12.8. The van der Waals surface area contributed by atoms with Gasteiger partial charge in [-0.05, 0) is 30.5 Å². The van der Waals surface area contributed by atoms with E-state index in [0.29, 0.717) is 18.7 Å². The van der Waals surface area contributed by atoms with Crippen LogP contribution in [-0.2, 0) is 23.9 Å². The average molecular weight is 419 g/mol. The molecule has 1 aliphatic rings. The first-order chi connectivity index (χ1) is 14.4. The molecule has 0 saturated carbocycles. The number of piperidine rings is 1. The molecule has 0 spiro atoms. The lowest BCUT2D eigenvalue weighted by Crippen LogP contribution is -2.46. The molecule has 0 bridgehead atoms. The molecule has 0 aromatic heterocycles. The summed E-state index contributed by atoms with van der Waals surface area (Å²) in [6.07, 6.45) is 2.30. The molecule has 1 aromatic carbocycles. The first-order valence-electron chi connectivity index (χ1n) is 10.0. The van der Waals surface area contributed by atoms with E-state index in [-0.39, 0.29) is 18.9 Å². The molecule has 2 rings (SSSR count). The Hall–Kier alpha value is -3.10. The van der Waals surface area contributed by atoms with E-state index in [4.69, 9.17) is 15.2 Å². The molecule has 1 saturated heterocycles. The standard InChI is InChI=1S/C21H29N3O6/c1-3-4-11-24-19(27)10-9-16(20(24)14-5-7-15(29-2)8-6-14)21(28)30-13-18(26)23-12-17(22)25/h5-8,16,20H,3-4,9-13H2,1-2H3,(H2,22,25)(H,23,26)/t16-,20-/m1/s1. The van der Waals surface area contributed by atoms with E-state index in [1.165, 1.54) is 0 Å². The molecule has 0 radical (unpaired) electrons. The number of likely N-dealkylation sites (tertiary alicyclic amines) is 1. The highest BCUT2D eigenvalue weighted by molar-refractivity contribution is 5.86. The smallest absolute Gasteiger partial charge is 0.311 e. The van der Waals surface area contributed by atoms with Crippen molar-refractivity contribution in [2.24, 2.45) is 11.7 Å². The van der Waals surface area contributed by atoms with Crippen LogP contribution in [0.2, 0.25) is 0 Å². The predicted octanol–water partition coefficient (Wildman–Crippen LogP) is 0.920. The first-order valence-corrected chi connectivity index (χ1v) is 10.0. The molecule has 9 heteroatoms. The van der Waals surface area contributed by atoms with Crippen molar-refractivity contribution in [3.63, 3.8) is 0 Å². The van der Waals surface area contributed by atoms with Crippen molar-refractivity contribution in [1.82, 2.24) is 10.2 Å². The molecule has 164 valence electrons. The topological polar surface area (TPSA) is 128 Å². The Morgan fingerprint density at radius 1 is 1.23 bits per heavy atom. The molecule has 3 N–H and O–H groups in total. The fourth-order valence-electron chi connectivity index (χ4n) is 3.49. The van der Waals surface area contributed by atoms with Gasteiger partial charge in [0.1, 0.15) is 5.75 Å². The Labute approximate surface area is 175 Å². The average Bonchev–Trinajstić information content (AvgIpc) is 2.75. The second-order valence-corrected chi connectivity index (χ2v) is 7.15. The van der Waals surface area contributed by atoms with Gasteiger partial charge in [0.05, 0.1) is 25.6 Å². The number of unbranched alkanes of at least 4 members (excludes halogenated alkanes) is 1. The van der Waals surface area contributed by atoms with Crippen LogP contribution in [0.5, 0.6) is 5.75 Å². The summed E-state index contributed by atoms with van der Waals surface area (Å²) >= 11 is 0. The van der Waals surface area contributed by atoms with Crippen molar-refractivity contribution in [2.45, 2.75) is 38.6 Å². The van der Waals surface area contributed by atoms with Gasteiger partial charge in [0, 0.05) is 13.0 Å². The lowest BCUT2D eigenvalue weighted by molar-refractivity contribution is -0.159. The fraction of sp³-hybridized carbons (Fsp3) is 0.524. The van der Waals surface area contributed by atoms with Gasteiger partial charge in [0.15, 0.2) is 6.61 Å². The zero-order valence-electron chi connectivity index (χ0n) is 17.4. The minimum Gasteiger partial charge on any atom is -0.497 e. The third-order valence-corrected chi connectivity index (χ3v) is 5.02. The summed E-state index contributed by atoms with van der Waals surface area (Å²) in [5.74, 6) is -1.79. The second kappa shape index (κ2) is 11.2. The molecule has 1 aliphatic heterocycles. The molecule has 1 fully saturated rings. The maximum Gasteiger partial charge on any atom is 0.311 e. The number of hydrogen-bond donors (Lipinski definition) is 2. The molecular formula is C21H29N3O6. The van der Waals surface area contributed by atoms with Crippen LogP contribution in [0.25, 0.3) is 0 Å². The number of nitrogens with one attached hydrogen (secondary N) is 1. The van der Waals surface area contributed by atoms with Crippen LogP contribution in [0.1, 0.15) is 44.2 Å². The summed E-state index contributed by atoms with van der Waals surface area (Å²) in [6, 6.07) is 6.75. The quantitative estimate of drug-likeness (QED) is 0.543. The third kappa shape index (κ3) is 6.20. The van der Waals surface area contributed by atoms with Gasteiger partial charge in [-0.3, -0.25) is 19.2 Å². The van der Waals surface area contributed by atoms with E-state index in [2.05, 4.69) is 5.32 Å². The monoisotopic (exact) mass is 419 g/mol. The van der Waals surface area contributed by atoms with Crippen molar-refractivity contribution in [3.8, 4) is 5.75 Å². The van der Waals surface area contributed by atoms with Gasteiger partial charge in [0.2, 0.25) is 11.8 Å². The Morgan fingerprint density at radius 3 is 2.53 bits per heavy atom. The lowest BCUT2D eigenvalue weighted by Gasteiger charge is -2.40. The minimum absolute atomic E-state index is 0.00693. The summed E-state index contributed by atoms with van der Waals surface area (Å²) in [7, 11) is 1.57. The number of primary amides is 1. The second-order valence-electron chi connectivity index (χ2n) is 7.15. The molecule has 3 amide bonds. The summed E-state index contributed by atoms with van der Waals surface area (Å²) < 4.78 is 10.4. The molecule has 30 heavy (non-hydrogen) atoms. The first kappa shape index (κ1) is 23.2. The molecule has 2 atom stereocenters. The molecular weight excluding hydrogens is 390 g/mol. The van der Waals surface area contributed by atoms with Gasteiger partial charge in [-0.2, -0.15) is 0 Å². The van der Waals surface area contributed by atoms with Crippen LogP contribution < -0.4 is 15.8 Å². The predicted molar refractivity (Wildman–Crippen MR) is 108 cm³/mol. The van der Waals surface area contributed by atoms with Gasteiger partial charge in [-0.1, -0.05) is 25.5 Å². The van der Waals surface area contributed by atoms with Gasteiger partial charge in [-0.15, -0.1) is 0 Å². The largest absolute Gasteiger partial charge is 0.497 e. The Morgan fingerprint density at radius 2 is 1.93 bits per heavy atom. The molecule has 1 aromatic rings. The van der Waals surface area contributed by atoms with Gasteiger partial charge in [0.25, 0.3) is 5.91 Å². The van der Waals surface area contributed by atoms with E-state index >= 15 is 0 Å². The highest BCUT2D eigenvalue weighted by Gasteiger charge is 2.41. The van der Waals surface area contributed by atoms with Crippen LogP contribution >= 0.6 is 0 Å². The molecule has 0 unspecified atom stereocenters. The number of hydrogen-bond acceptors (Lipinski definition) is 6. The Balaban J connectivity index is 2.18. The number of esters is 1. The minimum atomic E-state index is -0.688. The number of carbonyl (C=O) groups is 4. The molecule has 1 heterocycles. The van der Waals surface area contributed by atoms with Crippen molar-refractivity contribution in [1.29, 1.82) is 0 Å². The van der Waals surface area contributed by atoms with Crippen molar-refractivity contribution in [3.05, 3.63) is 29.8 Å². The van der Waals surface area contributed by atoms with Crippen molar-refractivity contribution >= 4 is 23.7 Å². The number of amides is 3. The lowest BCUT2D eigenvalue weighted by atomic mass is 9.84. The molecule has 9 nitrogen and oxygen atoms in total. The molecule has 0 aliphatic carbocycles. The Kier molecular flexibility index (Phi) is 8.64. The van der Waals surface area contributed by atoms with Gasteiger partial charge >= 0.3 is 5.97 Å². The van der Waals surface area contributed by atoms with E-state index < -0.39 is 36.4 Å².